The summed E-state index contributed by atoms with van der Waals surface area (Å²) in [5.74, 6) is 0.131. The smallest absolute Gasteiger partial charge is 0.227 e. The van der Waals surface area contributed by atoms with Crippen molar-refractivity contribution in [2.75, 3.05) is 33.2 Å². The van der Waals surface area contributed by atoms with Gasteiger partial charge in [0.1, 0.15) is 0 Å². The van der Waals surface area contributed by atoms with Crippen LogP contribution in [0.25, 0.3) is 0 Å². The molecule has 1 rings (SSSR count). The number of carbonyl (C=O) groups is 2. The summed E-state index contributed by atoms with van der Waals surface area (Å²) >= 11 is 0. The van der Waals surface area contributed by atoms with Crippen molar-refractivity contribution in [3.63, 3.8) is 0 Å². The molecular formula is C14H27N3O2. The monoisotopic (exact) mass is 269 g/mol. The van der Waals surface area contributed by atoms with Crippen molar-refractivity contribution in [1.82, 2.24) is 9.80 Å². The van der Waals surface area contributed by atoms with Crippen molar-refractivity contribution in [2.45, 2.75) is 33.6 Å². The molecule has 1 fully saturated rings. The Bertz CT molecular complexity index is 342. The summed E-state index contributed by atoms with van der Waals surface area (Å²) < 4.78 is 0. The highest BCUT2D eigenvalue weighted by atomic mass is 16.2. The van der Waals surface area contributed by atoms with E-state index in [4.69, 9.17) is 5.73 Å². The minimum atomic E-state index is -0.0701. The zero-order chi connectivity index (χ0) is 14.6. The molecular weight excluding hydrogens is 242 g/mol. The van der Waals surface area contributed by atoms with Gasteiger partial charge in [0.05, 0.1) is 5.92 Å². The molecule has 0 radical (unpaired) electrons. The van der Waals surface area contributed by atoms with E-state index in [0.717, 1.165) is 19.4 Å². The van der Waals surface area contributed by atoms with Crippen molar-refractivity contribution in [3.05, 3.63) is 0 Å². The first kappa shape index (κ1) is 16.0. The fourth-order valence-electron chi connectivity index (χ4n) is 2.56. The summed E-state index contributed by atoms with van der Waals surface area (Å²) in [6.07, 6.45) is 1.78. The standard InChI is InChI=1S/C14H27N3O2/c1-11(18)17-7-5-6-12(8-17)13(19)16(4)10-14(2,3)9-15/h12H,5-10,15H2,1-4H3. The fraction of sp³-hybridized carbons (Fsp3) is 0.857. The van der Waals surface area contributed by atoms with Gasteiger partial charge in [0.2, 0.25) is 11.8 Å². The van der Waals surface area contributed by atoms with Crippen molar-refractivity contribution < 1.29 is 9.59 Å². The van der Waals surface area contributed by atoms with E-state index in [0.29, 0.717) is 19.6 Å². The highest BCUT2D eigenvalue weighted by Crippen LogP contribution is 2.21. The van der Waals surface area contributed by atoms with Gasteiger partial charge in [0.15, 0.2) is 0 Å². The predicted molar refractivity (Wildman–Crippen MR) is 75.5 cm³/mol. The summed E-state index contributed by atoms with van der Waals surface area (Å²) in [6.45, 7) is 8.21. The third-order valence-electron chi connectivity index (χ3n) is 3.81. The van der Waals surface area contributed by atoms with Crippen molar-refractivity contribution >= 4 is 11.8 Å². The number of hydrogen-bond donors (Lipinski definition) is 1. The number of nitrogens with two attached hydrogens (primary N) is 1. The van der Waals surface area contributed by atoms with Crippen LogP contribution in [0.2, 0.25) is 0 Å². The lowest BCUT2D eigenvalue weighted by Gasteiger charge is -2.35. The van der Waals surface area contributed by atoms with Gasteiger partial charge in [-0.15, -0.1) is 0 Å². The van der Waals surface area contributed by atoms with E-state index in [1.165, 1.54) is 0 Å². The van der Waals surface area contributed by atoms with Gasteiger partial charge in [-0.25, -0.2) is 0 Å². The van der Waals surface area contributed by atoms with Gasteiger partial charge in [0, 0.05) is 33.6 Å². The van der Waals surface area contributed by atoms with Crippen LogP contribution in [-0.4, -0.2) is 54.8 Å². The molecule has 0 saturated carbocycles. The first-order chi connectivity index (χ1) is 8.76. The summed E-state index contributed by atoms with van der Waals surface area (Å²) in [5.41, 5.74) is 5.63. The maximum absolute atomic E-state index is 12.4. The first-order valence-corrected chi connectivity index (χ1v) is 6.97. The number of likely N-dealkylation sites (tertiary alicyclic amines) is 1. The Balaban J connectivity index is 2.59. The number of rotatable bonds is 4. The van der Waals surface area contributed by atoms with Crippen LogP contribution in [0.3, 0.4) is 0 Å². The summed E-state index contributed by atoms with van der Waals surface area (Å²) in [7, 11) is 1.83. The van der Waals surface area contributed by atoms with Crippen LogP contribution in [0.4, 0.5) is 0 Å². The number of piperidine rings is 1. The lowest BCUT2D eigenvalue weighted by molar-refractivity contribution is -0.140. The first-order valence-electron chi connectivity index (χ1n) is 6.97. The van der Waals surface area contributed by atoms with Crippen LogP contribution in [-0.2, 0) is 9.59 Å². The number of carbonyl (C=O) groups excluding carboxylic acids is 2. The van der Waals surface area contributed by atoms with Crippen LogP contribution in [0, 0.1) is 11.3 Å². The summed E-state index contributed by atoms with van der Waals surface area (Å²) in [6, 6.07) is 0. The molecule has 5 nitrogen and oxygen atoms in total. The SMILES string of the molecule is CC(=O)N1CCCC(C(=O)N(C)CC(C)(C)CN)C1. The van der Waals surface area contributed by atoms with Crippen molar-refractivity contribution in [2.24, 2.45) is 17.1 Å². The van der Waals surface area contributed by atoms with Gasteiger partial charge in [-0.05, 0) is 24.8 Å². The highest BCUT2D eigenvalue weighted by Gasteiger charge is 2.30. The van der Waals surface area contributed by atoms with Gasteiger partial charge in [-0.2, -0.15) is 0 Å². The van der Waals surface area contributed by atoms with Crippen molar-refractivity contribution in [3.8, 4) is 0 Å². The maximum Gasteiger partial charge on any atom is 0.227 e. The molecule has 0 aromatic carbocycles. The second-order valence-electron chi connectivity index (χ2n) is 6.37. The van der Waals surface area contributed by atoms with Crippen molar-refractivity contribution in [1.29, 1.82) is 0 Å². The predicted octanol–water partition coefficient (Wildman–Crippen LogP) is 0.688. The van der Waals surface area contributed by atoms with Crippen LogP contribution < -0.4 is 5.73 Å². The molecule has 1 aliphatic rings. The van der Waals surface area contributed by atoms with E-state index in [9.17, 15) is 9.59 Å². The Morgan fingerprint density at radius 1 is 1.42 bits per heavy atom. The molecule has 0 aromatic rings. The van der Waals surface area contributed by atoms with E-state index in [1.807, 2.05) is 7.05 Å². The molecule has 2 amide bonds. The fourth-order valence-corrected chi connectivity index (χ4v) is 2.56. The third kappa shape index (κ3) is 4.49. The molecule has 1 aliphatic heterocycles. The molecule has 0 aliphatic carbocycles. The molecule has 1 heterocycles. The second-order valence-corrected chi connectivity index (χ2v) is 6.37. The normalized spacial score (nSPS) is 20.3. The minimum absolute atomic E-state index is 0.0578. The summed E-state index contributed by atoms with van der Waals surface area (Å²) in [4.78, 5) is 27.3. The molecule has 5 heteroatoms. The van der Waals surface area contributed by atoms with Crippen LogP contribution in [0.5, 0.6) is 0 Å². The molecule has 110 valence electrons. The lowest BCUT2D eigenvalue weighted by Crippen LogP contribution is -2.47. The molecule has 1 atom stereocenters. The quantitative estimate of drug-likeness (QED) is 0.816. The Morgan fingerprint density at radius 3 is 2.58 bits per heavy atom. The number of nitrogens with zero attached hydrogens (tertiary/aromatic N) is 2. The Morgan fingerprint density at radius 2 is 2.05 bits per heavy atom. The van der Waals surface area contributed by atoms with Crippen LogP contribution >= 0.6 is 0 Å². The van der Waals surface area contributed by atoms with Gasteiger partial charge in [-0.3, -0.25) is 9.59 Å². The molecule has 0 bridgehead atoms. The van der Waals surface area contributed by atoms with Gasteiger partial charge < -0.3 is 15.5 Å². The van der Waals surface area contributed by atoms with E-state index < -0.39 is 0 Å². The van der Waals surface area contributed by atoms with Gasteiger partial charge in [0.25, 0.3) is 0 Å². The number of amides is 2. The van der Waals surface area contributed by atoms with E-state index in [-0.39, 0.29) is 23.1 Å². The van der Waals surface area contributed by atoms with Gasteiger partial charge >= 0.3 is 0 Å². The lowest BCUT2D eigenvalue weighted by atomic mass is 9.91. The Kier molecular flexibility index (Phi) is 5.35. The Hall–Kier alpha value is -1.10. The van der Waals surface area contributed by atoms with Crippen LogP contribution in [0.1, 0.15) is 33.6 Å². The molecule has 19 heavy (non-hydrogen) atoms. The molecule has 1 saturated heterocycles. The molecule has 1 unspecified atom stereocenters. The average Bonchev–Trinajstić information content (AvgIpc) is 2.37. The Labute approximate surface area is 116 Å². The number of hydrogen-bond acceptors (Lipinski definition) is 3. The zero-order valence-corrected chi connectivity index (χ0v) is 12.6. The zero-order valence-electron chi connectivity index (χ0n) is 12.6. The van der Waals surface area contributed by atoms with E-state index >= 15 is 0 Å². The average molecular weight is 269 g/mol. The van der Waals surface area contributed by atoms with E-state index in [2.05, 4.69) is 13.8 Å². The minimum Gasteiger partial charge on any atom is -0.345 e. The highest BCUT2D eigenvalue weighted by molar-refractivity contribution is 5.80. The molecule has 0 aromatic heterocycles. The maximum atomic E-state index is 12.4. The largest absolute Gasteiger partial charge is 0.345 e. The second kappa shape index (κ2) is 6.37. The molecule has 0 spiro atoms. The van der Waals surface area contributed by atoms with E-state index in [1.54, 1.807) is 16.7 Å². The van der Waals surface area contributed by atoms with Gasteiger partial charge in [-0.1, -0.05) is 13.8 Å². The van der Waals surface area contributed by atoms with Crippen LogP contribution in [0.15, 0.2) is 0 Å². The molecule has 2 N–H and O–H groups in total. The topological polar surface area (TPSA) is 66.6 Å². The summed E-state index contributed by atoms with van der Waals surface area (Å²) in [5, 5.41) is 0. The third-order valence-corrected chi connectivity index (χ3v) is 3.81.